The maximum atomic E-state index is 11.7. The van der Waals surface area contributed by atoms with Crippen molar-refractivity contribution in [1.29, 1.82) is 0 Å². The van der Waals surface area contributed by atoms with Crippen LogP contribution in [0.3, 0.4) is 0 Å². The van der Waals surface area contributed by atoms with E-state index in [1.54, 1.807) is 0 Å². The number of carbonyl (C=O) groups is 1. The molecule has 0 atom stereocenters. The number of nitrogens with one attached hydrogen (secondary N) is 1. The van der Waals surface area contributed by atoms with E-state index in [4.69, 9.17) is 10.5 Å². The average molecular weight is 242 g/mol. The molecule has 0 saturated carbocycles. The van der Waals surface area contributed by atoms with E-state index in [0.717, 1.165) is 0 Å². The number of hydrogen-bond acceptors (Lipinski definition) is 3. The molecule has 0 aliphatic heterocycles. The van der Waals surface area contributed by atoms with Crippen LogP contribution in [0.1, 0.15) is 19.3 Å². The fourth-order valence-electron chi connectivity index (χ4n) is 0.977. The Bertz CT molecular complexity index is 198. The van der Waals surface area contributed by atoms with Gasteiger partial charge in [0.1, 0.15) is 6.61 Å². The number of rotatable bonds is 8. The number of amides is 1. The van der Waals surface area contributed by atoms with Crippen molar-refractivity contribution < 1.29 is 22.7 Å². The first-order valence-electron chi connectivity index (χ1n) is 5.07. The van der Waals surface area contributed by atoms with E-state index in [-0.39, 0.29) is 25.5 Å². The highest BCUT2D eigenvalue weighted by Gasteiger charge is 2.25. The predicted molar refractivity (Wildman–Crippen MR) is 52.8 cm³/mol. The Kier molecular flexibility index (Phi) is 7.92. The zero-order valence-corrected chi connectivity index (χ0v) is 8.98. The molecule has 16 heavy (non-hydrogen) atoms. The van der Waals surface area contributed by atoms with Crippen molar-refractivity contribution in [2.75, 3.05) is 26.3 Å². The molecule has 96 valence electrons. The molecular weight excluding hydrogens is 225 g/mol. The van der Waals surface area contributed by atoms with Gasteiger partial charge in [-0.05, 0) is 12.8 Å². The first-order chi connectivity index (χ1) is 7.45. The summed E-state index contributed by atoms with van der Waals surface area (Å²) in [6.07, 6.45) is -4.60. The van der Waals surface area contributed by atoms with Crippen LogP contribution in [-0.2, 0) is 9.53 Å². The van der Waals surface area contributed by atoms with Crippen LogP contribution >= 0.6 is 0 Å². The van der Waals surface area contributed by atoms with E-state index in [9.17, 15) is 18.0 Å². The van der Waals surface area contributed by atoms with Gasteiger partial charge >= 0.3 is 6.18 Å². The van der Waals surface area contributed by atoms with E-state index in [1.165, 1.54) is 0 Å². The van der Waals surface area contributed by atoms with Gasteiger partial charge in [0, 0.05) is 19.5 Å². The number of unbranched alkanes of at least 4 members (excludes halogenated alkanes) is 1. The Hall–Kier alpha value is -0.820. The van der Waals surface area contributed by atoms with Crippen molar-refractivity contribution in [2.45, 2.75) is 25.4 Å². The highest BCUT2D eigenvalue weighted by Crippen LogP contribution is 2.21. The van der Waals surface area contributed by atoms with Crippen LogP contribution in [0.5, 0.6) is 0 Å². The first-order valence-corrected chi connectivity index (χ1v) is 5.07. The molecule has 0 aliphatic carbocycles. The van der Waals surface area contributed by atoms with Crippen LogP contribution in [0.15, 0.2) is 0 Å². The molecule has 1 amide bonds. The summed E-state index contributed by atoms with van der Waals surface area (Å²) < 4.78 is 40.0. The standard InChI is InChI=1S/C9H17F3N2O2/c10-9(11,12)3-1-2-5-14-8(15)7-16-6-4-13/h1-7,13H2,(H,14,15). The molecule has 0 bridgehead atoms. The molecule has 0 aromatic carbocycles. The van der Waals surface area contributed by atoms with E-state index in [1.807, 2.05) is 0 Å². The van der Waals surface area contributed by atoms with Gasteiger partial charge in [0.2, 0.25) is 5.91 Å². The Balaban J connectivity index is 3.28. The number of alkyl halides is 3. The lowest BCUT2D eigenvalue weighted by atomic mass is 10.2. The lowest BCUT2D eigenvalue weighted by Crippen LogP contribution is -2.29. The van der Waals surface area contributed by atoms with Crippen LogP contribution in [0.25, 0.3) is 0 Å². The van der Waals surface area contributed by atoms with Crippen molar-refractivity contribution in [3.63, 3.8) is 0 Å². The van der Waals surface area contributed by atoms with E-state index in [2.05, 4.69) is 5.32 Å². The average Bonchev–Trinajstić information content (AvgIpc) is 2.16. The van der Waals surface area contributed by atoms with Gasteiger partial charge in [-0.15, -0.1) is 0 Å². The fraction of sp³-hybridized carbons (Fsp3) is 0.889. The monoisotopic (exact) mass is 242 g/mol. The number of nitrogens with two attached hydrogens (primary N) is 1. The Morgan fingerprint density at radius 2 is 2.00 bits per heavy atom. The lowest BCUT2D eigenvalue weighted by molar-refractivity contribution is -0.135. The van der Waals surface area contributed by atoms with Crippen LogP contribution in [-0.4, -0.2) is 38.4 Å². The topological polar surface area (TPSA) is 64.3 Å². The molecular formula is C9H17F3N2O2. The molecule has 0 saturated heterocycles. The zero-order chi connectivity index (χ0) is 12.4. The van der Waals surface area contributed by atoms with Crippen molar-refractivity contribution in [3.8, 4) is 0 Å². The molecule has 4 nitrogen and oxygen atoms in total. The third-order valence-corrected chi connectivity index (χ3v) is 1.70. The summed E-state index contributed by atoms with van der Waals surface area (Å²) in [7, 11) is 0. The summed E-state index contributed by atoms with van der Waals surface area (Å²) in [6.45, 7) is 0.762. The van der Waals surface area contributed by atoms with Gasteiger partial charge in [-0.1, -0.05) is 0 Å². The normalized spacial score (nSPS) is 11.5. The zero-order valence-electron chi connectivity index (χ0n) is 8.98. The van der Waals surface area contributed by atoms with Crippen LogP contribution in [0, 0.1) is 0 Å². The molecule has 0 radical (unpaired) electrons. The molecule has 0 aliphatic rings. The van der Waals surface area contributed by atoms with Crippen molar-refractivity contribution >= 4 is 5.91 Å². The second-order valence-corrected chi connectivity index (χ2v) is 3.26. The van der Waals surface area contributed by atoms with E-state index >= 15 is 0 Å². The molecule has 0 rings (SSSR count). The van der Waals surface area contributed by atoms with Gasteiger partial charge in [0.05, 0.1) is 6.61 Å². The summed E-state index contributed by atoms with van der Waals surface area (Å²) in [5.74, 6) is -0.333. The predicted octanol–water partition coefficient (Wildman–Crippen LogP) is 0.810. The number of carbonyl (C=O) groups excluding carboxylic acids is 1. The minimum atomic E-state index is -4.12. The molecule has 0 aromatic rings. The van der Waals surface area contributed by atoms with E-state index < -0.39 is 12.6 Å². The minimum Gasteiger partial charge on any atom is -0.370 e. The van der Waals surface area contributed by atoms with Gasteiger partial charge in [0.25, 0.3) is 0 Å². The highest BCUT2D eigenvalue weighted by molar-refractivity contribution is 5.77. The SMILES string of the molecule is NCCOCC(=O)NCCCCC(F)(F)F. The first kappa shape index (κ1) is 15.2. The maximum absolute atomic E-state index is 11.7. The highest BCUT2D eigenvalue weighted by atomic mass is 19.4. The van der Waals surface area contributed by atoms with Gasteiger partial charge < -0.3 is 15.8 Å². The van der Waals surface area contributed by atoms with E-state index in [0.29, 0.717) is 19.6 Å². The molecule has 3 N–H and O–H groups in total. The quantitative estimate of drug-likeness (QED) is 0.619. The van der Waals surface area contributed by atoms with Gasteiger partial charge in [-0.3, -0.25) is 4.79 Å². The molecule has 0 fully saturated rings. The Labute approximate surface area is 92.3 Å². The summed E-state index contributed by atoms with van der Waals surface area (Å²) in [5.41, 5.74) is 5.13. The molecule has 0 aromatic heterocycles. The number of ether oxygens (including phenoxy) is 1. The molecule has 0 spiro atoms. The fourth-order valence-corrected chi connectivity index (χ4v) is 0.977. The second kappa shape index (κ2) is 8.35. The number of hydrogen-bond donors (Lipinski definition) is 2. The van der Waals surface area contributed by atoms with Crippen LogP contribution in [0.2, 0.25) is 0 Å². The van der Waals surface area contributed by atoms with Crippen LogP contribution in [0.4, 0.5) is 13.2 Å². The summed E-state index contributed by atoms with van der Waals surface area (Å²) in [5, 5.41) is 2.46. The summed E-state index contributed by atoms with van der Waals surface area (Å²) in [6, 6.07) is 0. The molecule has 7 heteroatoms. The molecule has 0 unspecified atom stereocenters. The van der Waals surface area contributed by atoms with Gasteiger partial charge in [0.15, 0.2) is 0 Å². The van der Waals surface area contributed by atoms with Crippen molar-refractivity contribution in [1.82, 2.24) is 5.32 Å². The van der Waals surface area contributed by atoms with Crippen molar-refractivity contribution in [2.24, 2.45) is 5.73 Å². The summed E-state index contributed by atoms with van der Waals surface area (Å²) in [4.78, 5) is 11.0. The summed E-state index contributed by atoms with van der Waals surface area (Å²) >= 11 is 0. The second-order valence-electron chi connectivity index (χ2n) is 3.26. The maximum Gasteiger partial charge on any atom is 0.389 e. The lowest BCUT2D eigenvalue weighted by Gasteiger charge is -2.07. The Morgan fingerprint density at radius 3 is 2.56 bits per heavy atom. The minimum absolute atomic E-state index is 0.0213. The molecule has 0 heterocycles. The van der Waals surface area contributed by atoms with Crippen molar-refractivity contribution in [3.05, 3.63) is 0 Å². The van der Waals surface area contributed by atoms with Gasteiger partial charge in [-0.25, -0.2) is 0 Å². The number of halogens is 3. The Morgan fingerprint density at radius 1 is 1.31 bits per heavy atom. The smallest absolute Gasteiger partial charge is 0.370 e. The third-order valence-electron chi connectivity index (χ3n) is 1.70. The largest absolute Gasteiger partial charge is 0.389 e. The van der Waals surface area contributed by atoms with Gasteiger partial charge in [-0.2, -0.15) is 13.2 Å². The van der Waals surface area contributed by atoms with Crippen LogP contribution < -0.4 is 11.1 Å². The third kappa shape index (κ3) is 11.3.